The minimum atomic E-state index is 0.824. The average Bonchev–Trinajstić information content (AvgIpc) is 2.53. The summed E-state index contributed by atoms with van der Waals surface area (Å²) in [6.07, 6.45) is 0. The Morgan fingerprint density at radius 2 is 2.20 bits per heavy atom. The summed E-state index contributed by atoms with van der Waals surface area (Å²) in [5.74, 6) is 1.05. The molecule has 0 radical (unpaired) electrons. The van der Waals surface area contributed by atoms with E-state index in [1.807, 2.05) is 21.0 Å². The Morgan fingerprint density at radius 3 is 2.87 bits per heavy atom. The number of hydrogen-bond acceptors (Lipinski definition) is 2. The maximum absolute atomic E-state index is 4.51. The van der Waals surface area contributed by atoms with Crippen molar-refractivity contribution in [2.24, 2.45) is 7.05 Å². The molecule has 0 aliphatic heterocycles. The van der Waals surface area contributed by atoms with Crippen LogP contribution in [0.15, 0.2) is 18.2 Å². The van der Waals surface area contributed by atoms with E-state index in [-0.39, 0.29) is 0 Å². The zero-order chi connectivity index (χ0) is 11.0. The molecule has 15 heavy (non-hydrogen) atoms. The van der Waals surface area contributed by atoms with Crippen molar-refractivity contribution in [3.8, 4) is 0 Å². The second kappa shape index (κ2) is 3.85. The smallest absolute Gasteiger partial charge is 0.106 e. The Labute approximate surface area is 97.8 Å². The normalized spacial score (nSPS) is 10.9. The third-order valence-corrected chi connectivity index (χ3v) is 3.46. The molecule has 0 saturated carbocycles. The van der Waals surface area contributed by atoms with Gasteiger partial charge in [-0.25, -0.2) is 4.98 Å². The van der Waals surface area contributed by atoms with Crippen molar-refractivity contribution in [2.45, 2.75) is 6.92 Å². The summed E-state index contributed by atoms with van der Waals surface area (Å²) < 4.78 is 2.10. The summed E-state index contributed by atoms with van der Waals surface area (Å²) in [5.41, 5.74) is 4.24. The van der Waals surface area contributed by atoms with Crippen molar-refractivity contribution >= 4 is 32.7 Å². The molecule has 1 aromatic carbocycles. The standard InChI is InChI=1S/C11H14BrN3/c1-8-13-10-6-9(14(2)7-12)4-5-11(10)15(8)3/h4-6H,7H2,1-3H3. The molecule has 3 nitrogen and oxygen atoms in total. The van der Waals surface area contributed by atoms with Gasteiger partial charge < -0.3 is 9.47 Å². The topological polar surface area (TPSA) is 21.1 Å². The molecular weight excluding hydrogens is 254 g/mol. The lowest BCUT2D eigenvalue weighted by atomic mass is 10.2. The largest absolute Gasteiger partial charge is 0.365 e. The molecule has 0 bridgehead atoms. The van der Waals surface area contributed by atoms with Gasteiger partial charge in [0.15, 0.2) is 0 Å². The fraction of sp³-hybridized carbons (Fsp3) is 0.364. The number of imidazole rings is 1. The molecule has 0 aliphatic rings. The fourth-order valence-corrected chi connectivity index (χ4v) is 1.90. The average molecular weight is 268 g/mol. The molecule has 0 N–H and O–H groups in total. The van der Waals surface area contributed by atoms with Crippen LogP contribution in [-0.2, 0) is 7.05 Å². The van der Waals surface area contributed by atoms with Gasteiger partial charge in [-0.15, -0.1) is 0 Å². The number of anilines is 1. The summed E-state index contributed by atoms with van der Waals surface area (Å²) in [7, 11) is 4.09. The van der Waals surface area contributed by atoms with Crippen LogP contribution < -0.4 is 4.90 Å². The van der Waals surface area contributed by atoms with Crippen LogP contribution >= 0.6 is 15.9 Å². The van der Waals surface area contributed by atoms with E-state index in [1.54, 1.807) is 0 Å². The Bertz CT molecular complexity index is 490. The van der Waals surface area contributed by atoms with E-state index in [0.717, 1.165) is 16.8 Å². The maximum Gasteiger partial charge on any atom is 0.106 e. The number of rotatable bonds is 2. The second-order valence-electron chi connectivity index (χ2n) is 3.71. The van der Waals surface area contributed by atoms with Crippen LogP contribution in [-0.4, -0.2) is 22.1 Å². The van der Waals surface area contributed by atoms with Gasteiger partial charge in [0, 0.05) is 19.8 Å². The first-order valence-electron chi connectivity index (χ1n) is 4.83. The van der Waals surface area contributed by atoms with Crippen molar-refractivity contribution in [2.75, 3.05) is 17.4 Å². The van der Waals surface area contributed by atoms with Crippen LogP contribution in [0.4, 0.5) is 5.69 Å². The van der Waals surface area contributed by atoms with Gasteiger partial charge in [0.2, 0.25) is 0 Å². The van der Waals surface area contributed by atoms with E-state index in [9.17, 15) is 0 Å². The predicted molar refractivity (Wildman–Crippen MR) is 67.6 cm³/mol. The van der Waals surface area contributed by atoms with Crippen molar-refractivity contribution in [3.05, 3.63) is 24.0 Å². The number of hydrogen-bond donors (Lipinski definition) is 0. The van der Waals surface area contributed by atoms with Gasteiger partial charge in [-0.1, -0.05) is 15.9 Å². The van der Waals surface area contributed by atoms with Crippen LogP contribution in [0.2, 0.25) is 0 Å². The Balaban J connectivity index is 2.57. The van der Waals surface area contributed by atoms with Crippen LogP contribution in [0.1, 0.15) is 5.82 Å². The molecule has 1 aromatic heterocycles. The molecule has 0 amide bonds. The molecule has 0 saturated heterocycles. The third-order valence-electron chi connectivity index (χ3n) is 2.71. The Hall–Kier alpha value is -1.03. The number of nitrogens with zero attached hydrogens (tertiary/aromatic N) is 3. The van der Waals surface area contributed by atoms with Gasteiger partial charge in [-0.3, -0.25) is 0 Å². The fourth-order valence-electron chi connectivity index (χ4n) is 1.62. The quantitative estimate of drug-likeness (QED) is 0.616. The molecule has 0 unspecified atom stereocenters. The number of benzene rings is 1. The van der Waals surface area contributed by atoms with E-state index < -0.39 is 0 Å². The Kier molecular flexibility index (Phi) is 2.69. The predicted octanol–water partition coefficient (Wildman–Crippen LogP) is 2.67. The van der Waals surface area contributed by atoms with Gasteiger partial charge in [0.05, 0.1) is 16.5 Å². The van der Waals surface area contributed by atoms with E-state index in [4.69, 9.17) is 0 Å². The molecule has 0 fully saturated rings. The second-order valence-corrected chi connectivity index (χ2v) is 4.21. The number of fused-ring (bicyclic) bond motifs is 1. The zero-order valence-electron chi connectivity index (χ0n) is 9.16. The monoisotopic (exact) mass is 267 g/mol. The molecule has 0 aliphatic carbocycles. The van der Waals surface area contributed by atoms with E-state index in [1.165, 1.54) is 11.2 Å². The summed E-state index contributed by atoms with van der Waals surface area (Å²) in [5, 5.41) is 0. The first kappa shape index (κ1) is 10.5. The summed E-state index contributed by atoms with van der Waals surface area (Å²) in [6.45, 7) is 2.02. The highest BCUT2D eigenvalue weighted by molar-refractivity contribution is 9.09. The first-order chi connectivity index (χ1) is 7.13. The highest BCUT2D eigenvalue weighted by atomic mass is 79.9. The highest BCUT2D eigenvalue weighted by Gasteiger charge is 2.06. The van der Waals surface area contributed by atoms with Gasteiger partial charge in [0.1, 0.15) is 5.82 Å². The zero-order valence-corrected chi connectivity index (χ0v) is 10.7. The van der Waals surface area contributed by atoms with E-state index in [0.29, 0.717) is 0 Å². The summed E-state index contributed by atoms with van der Waals surface area (Å²) in [4.78, 5) is 6.64. The van der Waals surface area contributed by atoms with E-state index in [2.05, 4.69) is 48.6 Å². The molecule has 4 heteroatoms. The first-order valence-corrected chi connectivity index (χ1v) is 5.96. The number of aromatic nitrogens is 2. The molecule has 1 heterocycles. The molecule has 80 valence electrons. The number of aryl methyl sites for hydroxylation is 2. The van der Waals surface area contributed by atoms with Gasteiger partial charge >= 0.3 is 0 Å². The molecule has 2 rings (SSSR count). The van der Waals surface area contributed by atoms with Gasteiger partial charge in [0.25, 0.3) is 0 Å². The van der Waals surface area contributed by atoms with Crippen molar-refractivity contribution in [1.82, 2.24) is 9.55 Å². The summed E-state index contributed by atoms with van der Waals surface area (Å²) in [6, 6.07) is 6.35. The van der Waals surface area contributed by atoms with E-state index >= 15 is 0 Å². The van der Waals surface area contributed by atoms with Crippen LogP contribution in [0.3, 0.4) is 0 Å². The van der Waals surface area contributed by atoms with Crippen molar-refractivity contribution in [1.29, 1.82) is 0 Å². The SMILES string of the molecule is Cc1nc2cc(N(C)CBr)ccc2n1C. The number of alkyl halides is 1. The third kappa shape index (κ3) is 1.74. The molecule has 0 spiro atoms. The molecule has 2 aromatic rings. The maximum atomic E-state index is 4.51. The van der Waals surface area contributed by atoms with Crippen molar-refractivity contribution in [3.63, 3.8) is 0 Å². The summed E-state index contributed by atoms with van der Waals surface area (Å²) >= 11 is 3.44. The van der Waals surface area contributed by atoms with Crippen LogP contribution in [0.25, 0.3) is 11.0 Å². The van der Waals surface area contributed by atoms with Crippen LogP contribution in [0, 0.1) is 6.92 Å². The van der Waals surface area contributed by atoms with Gasteiger partial charge in [-0.2, -0.15) is 0 Å². The molecule has 0 atom stereocenters. The lowest BCUT2D eigenvalue weighted by Crippen LogP contribution is -2.13. The van der Waals surface area contributed by atoms with Gasteiger partial charge in [-0.05, 0) is 25.1 Å². The molecular formula is C11H14BrN3. The number of halogens is 1. The lowest BCUT2D eigenvalue weighted by molar-refractivity contribution is 0.886. The van der Waals surface area contributed by atoms with Crippen LogP contribution in [0.5, 0.6) is 0 Å². The van der Waals surface area contributed by atoms with Crippen molar-refractivity contribution < 1.29 is 0 Å². The highest BCUT2D eigenvalue weighted by Crippen LogP contribution is 2.21. The lowest BCUT2D eigenvalue weighted by Gasteiger charge is -2.15. The minimum absolute atomic E-state index is 0.824. The minimum Gasteiger partial charge on any atom is -0.365 e. The Morgan fingerprint density at radius 1 is 1.47 bits per heavy atom.